The Morgan fingerprint density at radius 1 is 1.26 bits per heavy atom. The number of piperidine rings is 1. The highest BCUT2D eigenvalue weighted by molar-refractivity contribution is 5.78. The van der Waals surface area contributed by atoms with E-state index in [9.17, 15) is 9.59 Å². The monoisotopic (exact) mass is 270 g/mol. The highest BCUT2D eigenvalue weighted by Crippen LogP contribution is 2.20. The van der Waals surface area contributed by atoms with Crippen LogP contribution in [0.25, 0.3) is 0 Å². The minimum Gasteiger partial charge on any atom is -0.469 e. The number of carbonyl (C=O) groups excluding carboxylic acids is 2. The van der Waals surface area contributed by atoms with Crippen molar-refractivity contribution in [1.82, 2.24) is 9.80 Å². The largest absolute Gasteiger partial charge is 0.469 e. The zero-order chi connectivity index (χ0) is 14.3. The smallest absolute Gasteiger partial charge is 0.307 e. The normalized spacial score (nSPS) is 20.1. The Bertz CT molecular complexity index is 303. The van der Waals surface area contributed by atoms with Crippen molar-refractivity contribution in [2.24, 2.45) is 0 Å². The van der Waals surface area contributed by atoms with Crippen LogP contribution < -0.4 is 0 Å². The van der Waals surface area contributed by atoms with Gasteiger partial charge in [0, 0.05) is 19.1 Å². The van der Waals surface area contributed by atoms with E-state index in [2.05, 4.69) is 4.90 Å². The molecule has 0 aliphatic carbocycles. The van der Waals surface area contributed by atoms with Gasteiger partial charge >= 0.3 is 5.97 Å². The maximum atomic E-state index is 12.1. The number of ether oxygens (including phenoxy) is 1. The molecule has 1 unspecified atom stereocenters. The topological polar surface area (TPSA) is 49.9 Å². The molecule has 1 fully saturated rings. The lowest BCUT2D eigenvalue weighted by atomic mass is 9.99. The first-order chi connectivity index (χ1) is 9.12. The molecule has 0 radical (unpaired) electrons. The molecule has 0 bridgehead atoms. The molecule has 5 nitrogen and oxygen atoms in total. The first-order valence-corrected chi connectivity index (χ1v) is 7.21. The van der Waals surface area contributed by atoms with Crippen LogP contribution in [0.5, 0.6) is 0 Å². The van der Waals surface area contributed by atoms with Crippen molar-refractivity contribution in [2.75, 3.05) is 33.3 Å². The zero-order valence-electron chi connectivity index (χ0n) is 12.4. The molecule has 0 spiro atoms. The SMILES string of the molecule is CCN(CC)C(=O)CN1CCCCC1CC(=O)OC. The number of likely N-dealkylation sites (tertiary alicyclic amines) is 1. The van der Waals surface area contributed by atoms with Gasteiger partial charge in [0.1, 0.15) is 0 Å². The van der Waals surface area contributed by atoms with Crippen molar-refractivity contribution in [3.8, 4) is 0 Å². The number of methoxy groups -OCH3 is 1. The van der Waals surface area contributed by atoms with Gasteiger partial charge in [-0.25, -0.2) is 0 Å². The highest BCUT2D eigenvalue weighted by atomic mass is 16.5. The van der Waals surface area contributed by atoms with E-state index in [0.29, 0.717) is 13.0 Å². The molecular formula is C14H26N2O3. The minimum absolute atomic E-state index is 0.153. The number of hydrogen-bond acceptors (Lipinski definition) is 4. The van der Waals surface area contributed by atoms with E-state index in [0.717, 1.165) is 38.9 Å². The molecular weight excluding hydrogens is 244 g/mol. The van der Waals surface area contributed by atoms with Crippen LogP contribution in [0, 0.1) is 0 Å². The molecule has 1 aliphatic rings. The molecule has 19 heavy (non-hydrogen) atoms. The molecule has 0 saturated carbocycles. The lowest BCUT2D eigenvalue weighted by Crippen LogP contribution is -2.47. The Morgan fingerprint density at radius 3 is 2.53 bits per heavy atom. The Kier molecular flexibility index (Phi) is 6.84. The van der Waals surface area contributed by atoms with Gasteiger partial charge in [0.2, 0.25) is 5.91 Å². The van der Waals surface area contributed by atoms with Crippen LogP contribution >= 0.6 is 0 Å². The molecule has 1 amide bonds. The Labute approximate surface area is 115 Å². The second kappa shape index (κ2) is 8.15. The van der Waals surface area contributed by atoms with E-state index in [1.54, 1.807) is 0 Å². The maximum Gasteiger partial charge on any atom is 0.307 e. The molecule has 1 aliphatic heterocycles. The maximum absolute atomic E-state index is 12.1. The quantitative estimate of drug-likeness (QED) is 0.682. The molecule has 110 valence electrons. The third-order valence-corrected chi connectivity index (χ3v) is 3.83. The van der Waals surface area contributed by atoms with Crippen molar-refractivity contribution in [3.05, 3.63) is 0 Å². The van der Waals surface area contributed by atoms with E-state index in [4.69, 9.17) is 4.74 Å². The van der Waals surface area contributed by atoms with Gasteiger partial charge in [0.25, 0.3) is 0 Å². The average molecular weight is 270 g/mol. The Balaban J connectivity index is 2.56. The van der Waals surface area contributed by atoms with E-state index >= 15 is 0 Å². The van der Waals surface area contributed by atoms with Gasteiger partial charge in [-0.05, 0) is 33.2 Å². The second-order valence-corrected chi connectivity index (χ2v) is 4.97. The summed E-state index contributed by atoms with van der Waals surface area (Å²) in [5, 5.41) is 0. The fraction of sp³-hybridized carbons (Fsp3) is 0.857. The van der Waals surface area contributed by atoms with E-state index in [1.807, 2.05) is 18.7 Å². The minimum atomic E-state index is -0.188. The lowest BCUT2D eigenvalue weighted by Gasteiger charge is -2.35. The molecule has 0 aromatic heterocycles. The third-order valence-electron chi connectivity index (χ3n) is 3.83. The summed E-state index contributed by atoms with van der Waals surface area (Å²) >= 11 is 0. The van der Waals surface area contributed by atoms with Crippen LogP contribution in [-0.2, 0) is 14.3 Å². The molecule has 1 atom stereocenters. The highest BCUT2D eigenvalue weighted by Gasteiger charge is 2.27. The van der Waals surface area contributed by atoms with Crippen molar-refractivity contribution in [3.63, 3.8) is 0 Å². The van der Waals surface area contributed by atoms with Crippen molar-refractivity contribution in [2.45, 2.75) is 45.6 Å². The van der Waals surface area contributed by atoms with E-state index < -0.39 is 0 Å². The third kappa shape index (κ3) is 4.82. The van der Waals surface area contributed by atoms with Crippen LogP contribution in [0.3, 0.4) is 0 Å². The number of carbonyl (C=O) groups is 2. The van der Waals surface area contributed by atoms with Crippen LogP contribution in [0.1, 0.15) is 39.5 Å². The zero-order valence-corrected chi connectivity index (χ0v) is 12.4. The molecule has 0 N–H and O–H groups in total. The summed E-state index contributed by atoms with van der Waals surface area (Å²) in [5.41, 5.74) is 0. The lowest BCUT2D eigenvalue weighted by molar-refractivity contribution is -0.143. The molecule has 1 saturated heterocycles. The summed E-state index contributed by atoms with van der Waals surface area (Å²) in [6.07, 6.45) is 3.59. The summed E-state index contributed by atoms with van der Waals surface area (Å²) in [6, 6.07) is 0.153. The summed E-state index contributed by atoms with van der Waals surface area (Å²) in [6.45, 7) is 6.78. The van der Waals surface area contributed by atoms with Crippen molar-refractivity contribution in [1.29, 1.82) is 0 Å². The van der Waals surface area contributed by atoms with Crippen molar-refractivity contribution >= 4 is 11.9 Å². The van der Waals surface area contributed by atoms with Gasteiger partial charge in [0.15, 0.2) is 0 Å². The van der Waals surface area contributed by atoms with Crippen molar-refractivity contribution < 1.29 is 14.3 Å². The Morgan fingerprint density at radius 2 is 1.95 bits per heavy atom. The van der Waals surface area contributed by atoms with Crippen LogP contribution in [-0.4, -0.2) is 61.0 Å². The fourth-order valence-electron chi connectivity index (χ4n) is 2.63. The summed E-state index contributed by atoms with van der Waals surface area (Å²) < 4.78 is 4.74. The second-order valence-electron chi connectivity index (χ2n) is 4.97. The Hall–Kier alpha value is -1.10. The summed E-state index contributed by atoms with van der Waals surface area (Å²) in [4.78, 5) is 27.5. The first-order valence-electron chi connectivity index (χ1n) is 7.21. The average Bonchev–Trinajstić information content (AvgIpc) is 2.42. The van der Waals surface area contributed by atoms with Gasteiger partial charge in [-0.1, -0.05) is 6.42 Å². The van der Waals surface area contributed by atoms with Gasteiger partial charge in [-0.2, -0.15) is 0 Å². The molecule has 0 aromatic rings. The summed E-state index contributed by atoms with van der Waals surface area (Å²) in [5.74, 6) is -0.0334. The molecule has 1 heterocycles. The van der Waals surface area contributed by atoms with Gasteiger partial charge in [-0.15, -0.1) is 0 Å². The predicted octanol–water partition coefficient (Wildman–Crippen LogP) is 1.27. The van der Waals surface area contributed by atoms with E-state index in [1.165, 1.54) is 7.11 Å². The number of rotatable bonds is 6. The summed E-state index contributed by atoms with van der Waals surface area (Å²) in [7, 11) is 1.41. The van der Waals surface area contributed by atoms with Gasteiger partial charge in [0.05, 0.1) is 20.1 Å². The number of nitrogens with zero attached hydrogens (tertiary/aromatic N) is 2. The van der Waals surface area contributed by atoms with E-state index in [-0.39, 0.29) is 17.9 Å². The number of likely N-dealkylation sites (N-methyl/N-ethyl adjacent to an activating group) is 1. The van der Waals surface area contributed by atoms with Gasteiger partial charge < -0.3 is 9.64 Å². The fourth-order valence-corrected chi connectivity index (χ4v) is 2.63. The van der Waals surface area contributed by atoms with Crippen LogP contribution in [0.4, 0.5) is 0 Å². The van der Waals surface area contributed by atoms with Gasteiger partial charge in [-0.3, -0.25) is 14.5 Å². The molecule has 1 rings (SSSR count). The molecule has 0 aromatic carbocycles. The standard InChI is InChI=1S/C14H26N2O3/c1-4-15(5-2)13(17)11-16-9-7-6-8-12(16)10-14(18)19-3/h12H,4-11H2,1-3H3. The van der Waals surface area contributed by atoms with Crippen LogP contribution in [0.2, 0.25) is 0 Å². The number of esters is 1. The molecule has 5 heteroatoms. The first kappa shape index (κ1) is 16.0. The number of hydrogen-bond donors (Lipinski definition) is 0. The number of amides is 1. The predicted molar refractivity (Wildman–Crippen MR) is 73.8 cm³/mol. The van der Waals surface area contributed by atoms with Crippen LogP contribution in [0.15, 0.2) is 0 Å².